The van der Waals surface area contributed by atoms with Gasteiger partial charge in [0.2, 0.25) is 17.6 Å². The Balaban J connectivity index is 1.67. The number of carboxylic acids is 1. The Labute approximate surface area is 153 Å². The molecule has 9 nitrogen and oxygen atoms in total. The highest BCUT2D eigenvalue weighted by Gasteiger charge is 2.20. The summed E-state index contributed by atoms with van der Waals surface area (Å²) in [4.78, 5) is 31.8. The van der Waals surface area contributed by atoms with E-state index >= 15 is 0 Å². The molecule has 0 aliphatic heterocycles. The van der Waals surface area contributed by atoms with Gasteiger partial charge in [0, 0.05) is 12.3 Å². The van der Waals surface area contributed by atoms with Gasteiger partial charge in [0.05, 0.1) is 17.4 Å². The van der Waals surface area contributed by atoms with Crippen LogP contribution in [0.15, 0.2) is 47.1 Å². The van der Waals surface area contributed by atoms with Crippen molar-refractivity contribution >= 4 is 17.6 Å². The molecule has 3 aromatic rings. The number of hydrogen-bond acceptors (Lipinski definition) is 7. The summed E-state index contributed by atoms with van der Waals surface area (Å²) in [6.07, 6.45) is 1.44. The van der Waals surface area contributed by atoms with E-state index in [-0.39, 0.29) is 41.0 Å². The molecule has 0 radical (unpaired) electrons. The summed E-state index contributed by atoms with van der Waals surface area (Å²) in [7, 11) is 0. The van der Waals surface area contributed by atoms with Gasteiger partial charge in [0.25, 0.3) is 0 Å². The number of para-hydroxylation sites is 1. The Morgan fingerprint density at radius 2 is 2.00 bits per heavy atom. The summed E-state index contributed by atoms with van der Waals surface area (Å²) < 4.78 is 5.14. The third-order valence-corrected chi connectivity index (χ3v) is 3.79. The molecule has 0 aliphatic carbocycles. The molecule has 0 bridgehead atoms. The lowest BCUT2D eigenvalue weighted by Crippen LogP contribution is -2.23. The number of hydrogen-bond donors (Lipinski definition) is 3. The fraction of sp³-hybridized carbons (Fsp3) is 0.167. The van der Waals surface area contributed by atoms with Crippen molar-refractivity contribution in [3.63, 3.8) is 0 Å². The molecule has 1 unspecified atom stereocenters. The Hall–Kier alpha value is -3.75. The second-order valence-corrected chi connectivity index (χ2v) is 5.86. The second-order valence-electron chi connectivity index (χ2n) is 5.86. The van der Waals surface area contributed by atoms with Crippen LogP contribution in [0.2, 0.25) is 0 Å². The lowest BCUT2D eigenvalue weighted by Gasteiger charge is -2.12. The van der Waals surface area contributed by atoms with Gasteiger partial charge in [-0.1, -0.05) is 24.2 Å². The topological polar surface area (TPSA) is 138 Å². The number of nitrogens with one attached hydrogen (secondary N) is 1. The lowest BCUT2D eigenvalue weighted by atomic mass is 10.1. The first-order valence-corrected chi connectivity index (χ1v) is 8.05. The summed E-state index contributed by atoms with van der Waals surface area (Å²) in [5.74, 6) is -1.52. The zero-order chi connectivity index (χ0) is 19.4. The van der Waals surface area contributed by atoms with E-state index in [0.29, 0.717) is 5.69 Å². The summed E-state index contributed by atoms with van der Waals surface area (Å²) in [6.45, 7) is 1.67. The smallest absolute Gasteiger partial charge is 0.337 e. The number of pyridine rings is 1. The molecule has 2 aromatic heterocycles. The highest BCUT2D eigenvalue weighted by molar-refractivity contribution is 6.01. The molecule has 0 saturated heterocycles. The van der Waals surface area contributed by atoms with Gasteiger partial charge in [-0.3, -0.25) is 4.79 Å². The molecule has 138 valence electrons. The Morgan fingerprint density at radius 3 is 2.70 bits per heavy atom. The van der Waals surface area contributed by atoms with E-state index < -0.39 is 11.9 Å². The quantitative estimate of drug-likeness (QED) is 0.602. The van der Waals surface area contributed by atoms with E-state index in [4.69, 9.17) is 4.52 Å². The van der Waals surface area contributed by atoms with Gasteiger partial charge in [-0.2, -0.15) is 4.98 Å². The highest BCUT2D eigenvalue weighted by atomic mass is 16.5. The fourth-order valence-electron chi connectivity index (χ4n) is 2.35. The summed E-state index contributed by atoms with van der Waals surface area (Å²) in [5.41, 5.74) is 0.660. The molecule has 1 amide bonds. The first-order valence-electron chi connectivity index (χ1n) is 8.05. The minimum absolute atomic E-state index is 0.0107. The molecule has 0 fully saturated rings. The Bertz CT molecular complexity index is 968. The first-order chi connectivity index (χ1) is 12.9. The van der Waals surface area contributed by atoms with Crippen LogP contribution >= 0.6 is 0 Å². The molecule has 27 heavy (non-hydrogen) atoms. The van der Waals surface area contributed by atoms with Crippen molar-refractivity contribution in [1.82, 2.24) is 15.1 Å². The van der Waals surface area contributed by atoms with Crippen LogP contribution < -0.4 is 5.32 Å². The molecule has 9 heteroatoms. The predicted molar refractivity (Wildman–Crippen MR) is 94.1 cm³/mol. The summed E-state index contributed by atoms with van der Waals surface area (Å²) in [5, 5.41) is 24.8. The maximum atomic E-state index is 12.4. The molecular formula is C18H16N4O5. The van der Waals surface area contributed by atoms with E-state index in [0.717, 1.165) is 0 Å². The second kappa shape index (κ2) is 7.65. The van der Waals surface area contributed by atoms with Gasteiger partial charge >= 0.3 is 5.97 Å². The first kappa shape index (κ1) is 18.1. The molecular weight excluding hydrogens is 352 g/mol. The van der Waals surface area contributed by atoms with Crippen molar-refractivity contribution in [2.75, 3.05) is 5.32 Å². The molecule has 0 saturated carbocycles. The third kappa shape index (κ3) is 4.27. The Morgan fingerprint density at radius 1 is 1.22 bits per heavy atom. The molecule has 1 aromatic carbocycles. The van der Waals surface area contributed by atoms with Crippen LogP contribution in [0.25, 0.3) is 11.5 Å². The average molecular weight is 368 g/mol. The van der Waals surface area contributed by atoms with Gasteiger partial charge in [0.15, 0.2) is 0 Å². The van der Waals surface area contributed by atoms with E-state index in [2.05, 4.69) is 20.4 Å². The van der Waals surface area contributed by atoms with Gasteiger partial charge in [0.1, 0.15) is 11.4 Å². The largest absolute Gasteiger partial charge is 0.506 e. The number of carbonyl (C=O) groups is 2. The van der Waals surface area contributed by atoms with Crippen LogP contribution in [0.1, 0.15) is 23.2 Å². The van der Waals surface area contributed by atoms with E-state index in [1.165, 1.54) is 24.4 Å². The minimum Gasteiger partial charge on any atom is -0.506 e. The Kier molecular flexibility index (Phi) is 5.11. The molecule has 0 spiro atoms. The number of nitrogens with zero attached hydrogens (tertiary/aromatic N) is 3. The number of aromatic nitrogens is 3. The van der Waals surface area contributed by atoms with Crippen molar-refractivity contribution in [2.45, 2.75) is 13.3 Å². The number of anilines is 1. The monoisotopic (exact) mass is 368 g/mol. The van der Waals surface area contributed by atoms with E-state index in [9.17, 15) is 19.8 Å². The van der Waals surface area contributed by atoms with Crippen molar-refractivity contribution < 1.29 is 24.3 Å². The van der Waals surface area contributed by atoms with Crippen LogP contribution in [0.4, 0.5) is 5.69 Å². The number of aromatic carboxylic acids is 1. The van der Waals surface area contributed by atoms with Crippen LogP contribution in [0, 0.1) is 5.92 Å². The predicted octanol–water partition coefficient (Wildman–Crippen LogP) is 2.35. The maximum Gasteiger partial charge on any atom is 0.337 e. The number of carbonyl (C=O) groups excluding carboxylic acids is 1. The molecule has 1 atom stereocenters. The highest BCUT2D eigenvalue weighted by Crippen LogP contribution is 2.19. The standard InChI is InChI=1S/C18H16N4O5/c1-10(17(24)20-13-5-3-2-4-12(13)18(25)26)8-15-21-16(22-27-15)14-7-6-11(23)9-19-14/h2-7,9-10,23H,8H2,1H3,(H,20,24)(H,25,26). The normalized spacial score (nSPS) is 11.7. The van der Waals surface area contributed by atoms with Crippen molar-refractivity contribution in [3.05, 3.63) is 54.0 Å². The molecule has 3 N–H and O–H groups in total. The summed E-state index contributed by atoms with van der Waals surface area (Å²) >= 11 is 0. The van der Waals surface area contributed by atoms with Gasteiger partial charge in [-0.05, 0) is 24.3 Å². The number of rotatable bonds is 6. The van der Waals surface area contributed by atoms with Crippen molar-refractivity contribution in [2.24, 2.45) is 5.92 Å². The maximum absolute atomic E-state index is 12.4. The van der Waals surface area contributed by atoms with Crippen LogP contribution in [-0.2, 0) is 11.2 Å². The molecule has 2 heterocycles. The molecule has 3 rings (SSSR count). The van der Waals surface area contributed by atoms with Crippen LogP contribution in [0.3, 0.4) is 0 Å². The van der Waals surface area contributed by atoms with Gasteiger partial charge < -0.3 is 20.1 Å². The van der Waals surface area contributed by atoms with Crippen molar-refractivity contribution in [1.29, 1.82) is 0 Å². The van der Waals surface area contributed by atoms with E-state index in [1.54, 1.807) is 25.1 Å². The zero-order valence-corrected chi connectivity index (χ0v) is 14.3. The minimum atomic E-state index is -1.12. The number of amides is 1. The van der Waals surface area contributed by atoms with Gasteiger partial charge in [-0.25, -0.2) is 9.78 Å². The van der Waals surface area contributed by atoms with Crippen LogP contribution in [-0.4, -0.2) is 37.2 Å². The van der Waals surface area contributed by atoms with Crippen LogP contribution in [0.5, 0.6) is 5.75 Å². The zero-order valence-electron chi connectivity index (χ0n) is 14.3. The number of carboxylic acid groups (broad SMARTS) is 1. The number of aromatic hydroxyl groups is 1. The van der Waals surface area contributed by atoms with E-state index in [1.807, 2.05) is 0 Å². The lowest BCUT2D eigenvalue weighted by molar-refractivity contribution is -0.119. The molecule has 0 aliphatic rings. The average Bonchev–Trinajstić information content (AvgIpc) is 3.11. The van der Waals surface area contributed by atoms with Crippen molar-refractivity contribution in [3.8, 4) is 17.3 Å². The summed E-state index contributed by atoms with van der Waals surface area (Å²) in [6, 6.07) is 9.16. The third-order valence-electron chi connectivity index (χ3n) is 3.79. The van der Waals surface area contributed by atoms with Gasteiger partial charge in [-0.15, -0.1) is 0 Å². The number of benzene rings is 1. The fourth-order valence-corrected chi connectivity index (χ4v) is 2.35. The SMILES string of the molecule is CC(Cc1nc(-c2ccc(O)cn2)no1)C(=O)Nc1ccccc1C(=O)O.